The minimum Gasteiger partial charge on any atom is -0.462 e. The summed E-state index contributed by atoms with van der Waals surface area (Å²) >= 11 is 0. The van der Waals surface area contributed by atoms with Crippen LogP contribution in [0.5, 0.6) is 0 Å². The molecule has 88 valence electrons. The number of hydrogen-bond acceptors (Lipinski definition) is 2. The lowest BCUT2D eigenvalue weighted by molar-refractivity contribution is -0.148. The van der Waals surface area contributed by atoms with E-state index in [4.69, 9.17) is 4.74 Å². The molecule has 1 fully saturated rings. The molecule has 0 aromatic heterocycles. The second-order valence-corrected chi connectivity index (χ2v) is 4.86. The molecule has 1 rings (SSSR count). The van der Waals surface area contributed by atoms with Crippen LogP contribution in [0.15, 0.2) is 0 Å². The summed E-state index contributed by atoms with van der Waals surface area (Å²) in [6.07, 6.45) is 7.56. The van der Waals surface area contributed by atoms with Crippen molar-refractivity contribution in [2.45, 2.75) is 65.4 Å². The van der Waals surface area contributed by atoms with Crippen molar-refractivity contribution in [1.29, 1.82) is 0 Å². The van der Waals surface area contributed by atoms with E-state index in [1.165, 1.54) is 39.0 Å². The number of carbonyl (C=O) groups excluding carboxylic acids is 1. The summed E-state index contributed by atoms with van der Waals surface area (Å²) in [6.45, 7) is 6.04. The highest BCUT2D eigenvalue weighted by Gasteiger charge is 2.34. The second-order valence-electron chi connectivity index (χ2n) is 4.86. The Bertz CT molecular complexity index is 201. The van der Waals surface area contributed by atoms with Gasteiger partial charge in [0.25, 0.3) is 0 Å². The zero-order chi connectivity index (χ0) is 11.3. The minimum atomic E-state index is -0.116. The maximum atomic E-state index is 11.0. The third kappa shape index (κ3) is 3.84. The predicted octanol–water partition coefficient (Wildman–Crippen LogP) is 3.54. The number of esters is 1. The first-order valence-corrected chi connectivity index (χ1v) is 6.32. The lowest BCUT2D eigenvalue weighted by Gasteiger charge is -2.22. The van der Waals surface area contributed by atoms with E-state index in [0.717, 1.165) is 12.3 Å². The van der Waals surface area contributed by atoms with Crippen LogP contribution in [0.1, 0.15) is 59.3 Å². The summed E-state index contributed by atoms with van der Waals surface area (Å²) in [6, 6.07) is 0. The van der Waals surface area contributed by atoms with Crippen molar-refractivity contribution in [2.24, 2.45) is 11.8 Å². The molecule has 0 amide bonds. The van der Waals surface area contributed by atoms with Crippen LogP contribution in [0, 0.1) is 11.8 Å². The Morgan fingerprint density at radius 3 is 2.67 bits per heavy atom. The zero-order valence-electron chi connectivity index (χ0n) is 10.3. The van der Waals surface area contributed by atoms with Gasteiger partial charge >= 0.3 is 5.97 Å². The molecule has 1 saturated carbocycles. The third-order valence-electron chi connectivity index (χ3n) is 3.57. The Morgan fingerprint density at radius 1 is 1.33 bits per heavy atom. The highest BCUT2D eigenvalue weighted by atomic mass is 16.5. The molecule has 2 nitrogen and oxygen atoms in total. The van der Waals surface area contributed by atoms with Gasteiger partial charge in [-0.2, -0.15) is 0 Å². The smallest absolute Gasteiger partial charge is 0.302 e. The molecule has 0 aromatic rings. The van der Waals surface area contributed by atoms with Crippen LogP contribution >= 0.6 is 0 Å². The molecule has 0 radical (unpaired) electrons. The molecule has 0 N–H and O–H groups in total. The number of carbonyl (C=O) groups is 1. The molecular weight excluding hydrogens is 188 g/mol. The Kier molecular flexibility index (Phi) is 5.13. The Labute approximate surface area is 93.4 Å². The summed E-state index contributed by atoms with van der Waals surface area (Å²) in [7, 11) is 0. The summed E-state index contributed by atoms with van der Waals surface area (Å²) in [4.78, 5) is 11.0. The molecule has 0 bridgehead atoms. The van der Waals surface area contributed by atoms with Gasteiger partial charge in [-0.05, 0) is 31.1 Å². The van der Waals surface area contributed by atoms with Gasteiger partial charge in [-0.3, -0.25) is 4.79 Å². The molecule has 2 heteroatoms. The Morgan fingerprint density at radius 2 is 2.07 bits per heavy atom. The van der Waals surface area contributed by atoms with Crippen LogP contribution < -0.4 is 0 Å². The summed E-state index contributed by atoms with van der Waals surface area (Å²) in [5, 5.41) is 0. The van der Waals surface area contributed by atoms with Crippen molar-refractivity contribution < 1.29 is 9.53 Å². The molecule has 1 aliphatic rings. The highest BCUT2D eigenvalue weighted by Crippen LogP contribution is 2.37. The van der Waals surface area contributed by atoms with Gasteiger partial charge in [0.15, 0.2) is 0 Å². The van der Waals surface area contributed by atoms with Crippen LogP contribution in [0.2, 0.25) is 0 Å². The average Bonchev–Trinajstić information content (AvgIpc) is 2.49. The quantitative estimate of drug-likeness (QED) is 0.514. The van der Waals surface area contributed by atoms with Crippen molar-refractivity contribution in [3.05, 3.63) is 0 Å². The topological polar surface area (TPSA) is 26.3 Å². The molecule has 0 unspecified atom stereocenters. The fourth-order valence-electron chi connectivity index (χ4n) is 2.68. The van der Waals surface area contributed by atoms with E-state index in [9.17, 15) is 4.79 Å². The number of ether oxygens (including phenoxy) is 1. The fraction of sp³-hybridized carbons (Fsp3) is 0.923. The van der Waals surface area contributed by atoms with Gasteiger partial charge in [-0.25, -0.2) is 0 Å². The fourth-order valence-corrected chi connectivity index (χ4v) is 2.68. The lowest BCUT2D eigenvalue weighted by atomic mass is 9.91. The first kappa shape index (κ1) is 12.5. The van der Waals surface area contributed by atoms with Crippen molar-refractivity contribution in [3.63, 3.8) is 0 Å². The largest absolute Gasteiger partial charge is 0.462 e. The van der Waals surface area contributed by atoms with Gasteiger partial charge in [0.2, 0.25) is 0 Å². The monoisotopic (exact) mass is 212 g/mol. The van der Waals surface area contributed by atoms with Crippen LogP contribution in [0.3, 0.4) is 0 Å². The van der Waals surface area contributed by atoms with Gasteiger partial charge in [-0.15, -0.1) is 0 Å². The Balaban J connectivity index is 2.38. The van der Waals surface area contributed by atoms with Gasteiger partial charge in [0, 0.05) is 6.92 Å². The van der Waals surface area contributed by atoms with Gasteiger partial charge in [-0.1, -0.05) is 33.1 Å². The van der Waals surface area contributed by atoms with Gasteiger partial charge in [0.1, 0.15) is 6.10 Å². The molecule has 1 aliphatic carbocycles. The molecule has 0 aliphatic heterocycles. The van der Waals surface area contributed by atoms with E-state index in [2.05, 4.69) is 13.8 Å². The van der Waals surface area contributed by atoms with E-state index in [-0.39, 0.29) is 12.1 Å². The normalized spacial score (nSPS) is 30.5. The first-order chi connectivity index (χ1) is 7.15. The predicted molar refractivity (Wildman–Crippen MR) is 61.6 cm³/mol. The molecule has 0 heterocycles. The second kappa shape index (κ2) is 6.14. The summed E-state index contributed by atoms with van der Waals surface area (Å²) in [5.41, 5.74) is 0. The SMILES string of the molecule is CCCCC[C@@H]1[C@H](C)CC[C@H]1OC(C)=O. The Hall–Kier alpha value is -0.530. The lowest BCUT2D eigenvalue weighted by Crippen LogP contribution is -2.23. The van der Waals surface area contributed by atoms with Crippen molar-refractivity contribution in [1.82, 2.24) is 0 Å². The van der Waals surface area contributed by atoms with Crippen molar-refractivity contribution >= 4 is 5.97 Å². The van der Waals surface area contributed by atoms with E-state index >= 15 is 0 Å². The minimum absolute atomic E-state index is 0.116. The highest BCUT2D eigenvalue weighted by molar-refractivity contribution is 5.66. The zero-order valence-corrected chi connectivity index (χ0v) is 10.3. The number of rotatable bonds is 5. The molecular formula is C13H24O2. The molecule has 0 aromatic carbocycles. The van der Waals surface area contributed by atoms with Crippen molar-refractivity contribution in [2.75, 3.05) is 0 Å². The van der Waals surface area contributed by atoms with Gasteiger partial charge < -0.3 is 4.74 Å². The standard InChI is InChI=1S/C13H24O2/c1-4-5-6-7-12-10(2)8-9-13(12)15-11(3)14/h10,12-13H,4-9H2,1-3H3/t10-,12-,13-/m1/s1. The summed E-state index contributed by atoms with van der Waals surface area (Å²) < 4.78 is 5.39. The van der Waals surface area contributed by atoms with Crippen LogP contribution in [0.4, 0.5) is 0 Å². The third-order valence-corrected chi connectivity index (χ3v) is 3.57. The van der Waals surface area contributed by atoms with Crippen LogP contribution in [-0.2, 0) is 9.53 Å². The van der Waals surface area contributed by atoms with E-state index < -0.39 is 0 Å². The van der Waals surface area contributed by atoms with E-state index in [0.29, 0.717) is 5.92 Å². The molecule has 15 heavy (non-hydrogen) atoms. The van der Waals surface area contributed by atoms with Crippen LogP contribution in [-0.4, -0.2) is 12.1 Å². The number of hydrogen-bond donors (Lipinski definition) is 0. The molecule has 3 atom stereocenters. The van der Waals surface area contributed by atoms with Crippen molar-refractivity contribution in [3.8, 4) is 0 Å². The summed E-state index contributed by atoms with van der Waals surface area (Å²) in [5.74, 6) is 1.22. The molecule has 0 saturated heterocycles. The maximum absolute atomic E-state index is 11.0. The first-order valence-electron chi connectivity index (χ1n) is 6.32. The van der Waals surface area contributed by atoms with Crippen LogP contribution in [0.25, 0.3) is 0 Å². The van der Waals surface area contributed by atoms with Gasteiger partial charge in [0.05, 0.1) is 0 Å². The van der Waals surface area contributed by atoms with E-state index in [1.807, 2.05) is 0 Å². The maximum Gasteiger partial charge on any atom is 0.302 e. The molecule has 0 spiro atoms. The number of unbranched alkanes of at least 4 members (excludes halogenated alkanes) is 2. The average molecular weight is 212 g/mol. The van der Waals surface area contributed by atoms with E-state index in [1.54, 1.807) is 0 Å².